The molecule has 0 saturated carbocycles. The van der Waals surface area contributed by atoms with E-state index in [2.05, 4.69) is 10.1 Å². The molecule has 3 rings (SSSR count). The Labute approximate surface area is 92.2 Å². The number of rotatable bonds is 2. The summed E-state index contributed by atoms with van der Waals surface area (Å²) in [4.78, 5) is 4.47. The Kier molecular flexibility index (Phi) is 2.01. The summed E-state index contributed by atoms with van der Waals surface area (Å²) in [5.74, 6) is 0. The van der Waals surface area contributed by atoms with Crippen molar-refractivity contribution in [1.82, 2.24) is 14.6 Å². The number of aliphatic hydroxyl groups excluding tert-OH is 1. The van der Waals surface area contributed by atoms with Crippen LogP contribution in [0.5, 0.6) is 0 Å². The molecule has 0 aliphatic heterocycles. The van der Waals surface area contributed by atoms with Crippen molar-refractivity contribution in [3.8, 4) is 11.3 Å². The predicted molar refractivity (Wildman–Crippen MR) is 60.9 cm³/mol. The molecule has 4 heteroatoms. The Morgan fingerprint density at radius 3 is 3.06 bits per heavy atom. The number of benzene rings is 1. The lowest BCUT2D eigenvalue weighted by molar-refractivity contribution is 0.282. The van der Waals surface area contributed by atoms with Crippen molar-refractivity contribution >= 4 is 5.65 Å². The molecule has 0 spiro atoms. The summed E-state index contributed by atoms with van der Waals surface area (Å²) < 4.78 is 1.86. The van der Waals surface area contributed by atoms with Gasteiger partial charge in [-0.2, -0.15) is 0 Å². The zero-order valence-corrected chi connectivity index (χ0v) is 8.59. The normalized spacial score (nSPS) is 11.1. The van der Waals surface area contributed by atoms with Gasteiger partial charge in [0.1, 0.15) is 0 Å². The largest absolute Gasteiger partial charge is 0.392 e. The van der Waals surface area contributed by atoms with E-state index in [0.29, 0.717) is 0 Å². The van der Waals surface area contributed by atoms with Crippen LogP contribution in [0.15, 0.2) is 42.7 Å². The highest BCUT2D eigenvalue weighted by atomic mass is 16.3. The van der Waals surface area contributed by atoms with Gasteiger partial charge in [0, 0.05) is 17.8 Å². The maximum absolute atomic E-state index is 9.08. The lowest BCUT2D eigenvalue weighted by Gasteiger charge is -1.99. The number of hydrogen-bond donors (Lipinski definition) is 2. The van der Waals surface area contributed by atoms with E-state index < -0.39 is 0 Å². The number of aromatic nitrogens is 3. The summed E-state index contributed by atoms with van der Waals surface area (Å²) in [7, 11) is 0. The molecule has 4 nitrogen and oxygen atoms in total. The minimum atomic E-state index is 0.0551. The van der Waals surface area contributed by atoms with Crippen molar-refractivity contribution < 1.29 is 5.11 Å². The molecule has 3 aromatic rings. The molecule has 0 bridgehead atoms. The van der Waals surface area contributed by atoms with Crippen LogP contribution in [0.2, 0.25) is 0 Å². The third-order valence-electron chi connectivity index (χ3n) is 2.58. The van der Waals surface area contributed by atoms with Gasteiger partial charge in [0.2, 0.25) is 0 Å². The van der Waals surface area contributed by atoms with Crippen LogP contribution < -0.4 is 0 Å². The van der Waals surface area contributed by atoms with Crippen LogP contribution in [0.1, 0.15) is 5.56 Å². The molecule has 80 valence electrons. The molecule has 0 fully saturated rings. The van der Waals surface area contributed by atoms with Crippen LogP contribution in [0, 0.1) is 0 Å². The standard InChI is InChI=1S/C12H11N3O/c16-8-9-2-1-3-10(6-9)11-7-15-12(14-11)4-5-13-15/h1-7,13,16H,8H2. The van der Waals surface area contributed by atoms with E-state index in [1.165, 1.54) is 0 Å². The number of nitrogens with zero attached hydrogens (tertiary/aromatic N) is 2. The summed E-state index contributed by atoms with van der Waals surface area (Å²) in [6, 6.07) is 9.67. The van der Waals surface area contributed by atoms with Gasteiger partial charge in [0.25, 0.3) is 0 Å². The fourth-order valence-corrected chi connectivity index (χ4v) is 1.78. The second kappa shape index (κ2) is 3.50. The van der Waals surface area contributed by atoms with E-state index in [-0.39, 0.29) is 6.61 Å². The van der Waals surface area contributed by atoms with Gasteiger partial charge in [-0.05, 0) is 11.6 Å². The van der Waals surface area contributed by atoms with Crippen molar-refractivity contribution in [1.29, 1.82) is 0 Å². The molecular weight excluding hydrogens is 202 g/mol. The smallest absolute Gasteiger partial charge is 0.153 e. The van der Waals surface area contributed by atoms with E-state index in [1.54, 1.807) is 0 Å². The molecular formula is C12H11N3O. The number of aliphatic hydroxyl groups is 1. The molecule has 0 aliphatic rings. The Morgan fingerprint density at radius 2 is 2.25 bits per heavy atom. The Morgan fingerprint density at radius 1 is 1.31 bits per heavy atom. The highest BCUT2D eigenvalue weighted by molar-refractivity contribution is 5.62. The number of hydrogen-bond acceptors (Lipinski definition) is 2. The predicted octanol–water partition coefficient (Wildman–Crippen LogP) is 1.82. The lowest BCUT2D eigenvalue weighted by Crippen LogP contribution is -1.84. The minimum Gasteiger partial charge on any atom is -0.392 e. The summed E-state index contributed by atoms with van der Waals surface area (Å²) in [6.07, 6.45) is 3.78. The summed E-state index contributed by atoms with van der Waals surface area (Å²) in [5, 5.41) is 12.1. The number of aromatic amines is 1. The molecule has 0 radical (unpaired) electrons. The molecule has 2 aromatic heterocycles. The molecule has 16 heavy (non-hydrogen) atoms. The maximum atomic E-state index is 9.08. The zero-order chi connectivity index (χ0) is 11.0. The van der Waals surface area contributed by atoms with Gasteiger partial charge in [-0.3, -0.25) is 0 Å². The zero-order valence-electron chi connectivity index (χ0n) is 8.59. The second-order valence-corrected chi connectivity index (χ2v) is 3.68. The van der Waals surface area contributed by atoms with E-state index >= 15 is 0 Å². The molecule has 0 aliphatic carbocycles. The molecule has 0 atom stereocenters. The highest BCUT2D eigenvalue weighted by Crippen LogP contribution is 2.19. The van der Waals surface area contributed by atoms with Crippen LogP contribution in [-0.4, -0.2) is 19.7 Å². The van der Waals surface area contributed by atoms with Gasteiger partial charge in [-0.1, -0.05) is 18.2 Å². The molecule has 0 unspecified atom stereocenters. The van der Waals surface area contributed by atoms with Gasteiger partial charge < -0.3 is 10.2 Å². The first-order valence-corrected chi connectivity index (χ1v) is 5.09. The lowest BCUT2D eigenvalue weighted by atomic mass is 10.1. The molecule has 1 aromatic carbocycles. The van der Waals surface area contributed by atoms with E-state index in [0.717, 1.165) is 22.5 Å². The van der Waals surface area contributed by atoms with Gasteiger partial charge in [-0.25, -0.2) is 9.50 Å². The quantitative estimate of drug-likeness (QED) is 0.682. The Hall–Kier alpha value is -2.07. The molecule has 2 heterocycles. The van der Waals surface area contributed by atoms with Crippen molar-refractivity contribution in [2.75, 3.05) is 0 Å². The second-order valence-electron chi connectivity index (χ2n) is 3.68. The Bertz CT molecular complexity index is 595. The van der Waals surface area contributed by atoms with Gasteiger partial charge >= 0.3 is 0 Å². The minimum absolute atomic E-state index is 0.0551. The third kappa shape index (κ3) is 1.40. The molecule has 2 N–H and O–H groups in total. The molecule has 0 saturated heterocycles. The number of fused-ring (bicyclic) bond motifs is 1. The van der Waals surface area contributed by atoms with Gasteiger partial charge in [0.15, 0.2) is 5.65 Å². The summed E-state index contributed by atoms with van der Waals surface area (Å²) in [6.45, 7) is 0.0551. The third-order valence-corrected chi connectivity index (χ3v) is 2.58. The van der Waals surface area contributed by atoms with Crippen LogP contribution in [0.4, 0.5) is 0 Å². The van der Waals surface area contributed by atoms with E-state index in [4.69, 9.17) is 5.11 Å². The van der Waals surface area contributed by atoms with Crippen molar-refractivity contribution in [3.05, 3.63) is 48.3 Å². The van der Waals surface area contributed by atoms with Crippen LogP contribution in [-0.2, 0) is 6.61 Å². The van der Waals surface area contributed by atoms with Crippen molar-refractivity contribution in [2.24, 2.45) is 0 Å². The van der Waals surface area contributed by atoms with Gasteiger partial charge in [0.05, 0.1) is 18.5 Å². The van der Waals surface area contributed by atoms with Crippen LogP contribution in [0.25, 0.3) is 16.9 Å². The highest BCUT2D eigenvalue weighted by Gasteiger charge is 2.04. The average Bonchev–Trinajstić information content (AvgIpc) is 2.89. The number of nitrogens with one attached hydrogen (secondary N) is 1. The van der Waals surface area contributed by atoms with Crippen molar-refractivity contribution in [3.63, 3.8) is 0 Å². The van der Waals surface area contributed by atoms with Crippen LogP contribution >= 0.6 is 0 Å². The first-order chi connectivity index (χ1) is 7.86. The molecule has 0 amide bonds. The summed E-state index contributed by atoms with van der Waals surface area (Å²) >= 11 is 0. The SMILES string of the molecule is OCc1cccc(-c2cn3[nH]ccc3n2)c1. The fourth-order valence-electron chi connectivity index (χ4n) is 1.78. The van der Waals surface area contributed by atoms with E-state index in [9.17, 15) is 0 Å². The first kappa shape index (κ1) is 9.18. The average molecular weight is 213 g/mol. The fraction of sp³-hybridized carbons (Fsp3) is 0.0833. The number of imidazole rings is 1. The number of H-pyrrole nitrogens is 1. The first-order valence-electron chi connectivity index (χ1n) is 5.09. The van der Waals surface area contributed by atoms with Crippen LogP contribution in [0.3, 0.4) is 0 Å². The topological polar surface area (TPSA) is 53.3 Å². The summed E-state index contributed by atoms with van der Waals surface area (Å²) in [5.41, 5.74) is 3.71. The van der Waals surface area contributed by atoms with Gasteiger partial charge in [-0.15, -0.1) is 0 Å². The monoisotopic (exact) mass is 213 g/mol. The maximum Gasteiger partial charge on any atom is 0.153 e. The Balaban J connectivity index is 2.11. The van der Waals surface area contributed by atoms with E-state index in [1.807, 2.05) is 47.2 Å². The van der Waals surface area contributed by atoms with Crippen molar-refractivity contribution in [2.45, 2.75) is 6.61 Å².